The number of para-hydroxylation sites is 2. The van der Waals surface area contributed by atoms with Crippen molar-refractivity contribution < 1.29 is 12.8 Å². The van der Waals surface area contributed by atoms with E-state index in [9.17, 15) is 8.42 Å². The lowest BCUT2D eigenvalue weighted by atomic mass is 10.2. The number of rotatable bonds is 6. The third-order valence-corrected chi connectivity index (χ3v) is 4.63. The van der Waals surface area contributed by atoms with Crippen molar-refractivity contribution in [1.82, 2.24) is 9.71 Å². The van der Waals surface area contributed by atoms with E-state index >= 15 is 0 Å². The normalized spacial score (nSPS) is 13.5. The molecule has 0 radical (unpaired) electrons. The van der Waals surface area contributed by atoms with Crippen LogP contribution in [-0.2, 0) is 10.0 Å². The number of oxazole rings is 1. The van der Waals surface area contributed by atoms with E-state index in [-0.39, 0.29) is 12.5 Å². The van der Waals surface area contributed by atoms with Crippen molar-refractivity contribution in [2.45, 2.75) is 12.8 Å². The van der Waals surface area contributed by atoms with Crippen molar-refractivity contribution in [2.24, 2.45) is 0 Å². The first kappa shape index (κ1) is 16.4. The highest BCUT2D eigenvalue weighted by Gasteiger charge is 2.15. The lowest BCUT2D eigenvalue weighted by Crippen LogP contribution is -2.25. The fourth-order valence-electron chi connectivity index (χ4n) is 2.21. The van der Waals surface area contributed by atoms with E-state index in [0.29, 0.717) is 11.5 Å². The minimum absolute atomic E-state index is 0.169. The fraction of sp³-hybridized carbons (Fsp3) is 0.167. The summed E-state index contributed by atoms with van der Waals surface area (Å²) in [6, 6.07) is 16.7. The molecule has 1 aromatic heterocycles. The molecule has 124 valence electrons. The van der Waals surface area contributed by atoms with Crippen molar-refractivity contribution >= 4 is 27.2 Å². The van der Waals surface area contributed by atoms with E-state index in [1.54, 1.807) is 6.08 Å². The summed E-state index contributed by atoms with van der Waals surface area (Å²) in [5.41, 5.74) is 2.30. The first-order valence-corrected chi connectivity index (χ1v) is 9.16. The van der Waals surface area contributed by atoms with Gasteiger partial charge in [-0.25, -0.2) is 18.1 Å². The number of benzene rings is 2. The van der Waals surface area contributed by atoms with Crippen LogP contribution < -0.4 is 4.72 Å². The SMILES string of the molecule is C[C@@H](CNS(=O)(=O)/C=C\c1ccccc1)c1nc2ccccc2o1. The van der Waals surface area contributed by atoms with Gasteiger partial charge in [0.15, 0.2) is 11.5 Å². The first-order valence-electron chi connectivity index (χ1n) is 7.62. The maximum absolute atomic E-state index is 12.1. The molecule has 0 fully saturated rings. The second-order valence-electron chi connectivity index (χ2n) is 5.53. The molecule has 0 unspecified atom stereocenters. The molecular formula is C18H18N2O3S. The van der Waals surface area contributed by atoms with Crippen LogP contribution in [-0.4, -0.2) is 19.9 Å². The fourth-order valence-corrected chi connectivity index (χ4v) is 3.12. The Labute approximate surface area is 141 Å². The Hall–Kier alpha value is -2.44. The van der Waals surface area contributed by atoms with Gasteiger partial charge in [0.25, 0.3) is 0 Å². The van der Waals surface area contributed by atoms with Gasteiger partial charge in [0.1, 0.15) is 5.52 Å². The molecule has 3 aromatic rings. The second kappa shape index (κ2) is 6.98. The van der Waals surface area contributed by atoms with E-state index in [4.69, 9.17) is 4.42 Å². The van der Waals surface area contributed by atoms with Gasteiger partial charge in [-0.05, 0) is 23.8 Å². The highest BCUT2D eigenvalue weighted by molar-refractivity contribution is 7.92. The smallest absolute Gasteiger partial charge is 0.233 e. The maximum Gasteiger partial charge on any atom is 0.233 e. The molecule has 0 aliphatic heterocycles. The van der Waals surface area contributed by atoms with Crippen molar-refractivity contribution in [2.75, 3.05) is 6.54 Å². The Morgan fingerprint density at radius 1 is 1.12 bits per heavy atom. The van der Waals surface area contributed by atoms with Crippen LogP contribution in [0.4, 0.5) is 0 Å². The number of nitrogens with one attached hydrogen (secondary N) is 1. The minimum Gasteiger partial charge on any atom is -0.440 e. The monoisotopic (exact) mass is 342 g/mol. The summed E-state index contributed by atoms with van der Waals surface area (Å²) in [7, 11) is -3.51. The molecule has 0 amide bonds. The predicted molar refractivity (Wildman–Crippen MR) is 94.8 cm³/mol. The number of sulfonamides is 1. The van der Waals surface area contributed by atoms with Gasteiger partial charge in [0.05, 0.1) is 0 Å². The molecular weight excluding hydrogens is 324 g/mol. The Kier molecular flexibility index (Phi) is 4.78. The lowest BCUT2D eigenvalue weighted by molar-refractivity contribution is 0.481. The molecule has 0 aliphatic carbocycles. The van der Waals surface area contributed by atoms with Gasteiger partial charge < -0.3 is 4.42 Å². The van der Waals surface area contributed by atoms with Gasteiger partial charge in [-0.15, -0.1) is 0 Å². The molecule has 6 heteroatoms. The average Bonchev–Trinajstić information content (AvgIpc) is 3.03. The summed E-state index contributed by atoms with van der Waals surface area (Å²) in [5, 5.41) is 1.17. The molecule has 0 saturated heterocycles. The quantitative estimate of drug-likeness (QED) is 0.744. The second-order valence-corrected chi connectivity index (χ2v) is 7.18. The van der Waals surface area contributed by atoms with Crippen LogP contribution in [0.1, 0.15) is 24.3 Å². The zero-order valence-corrected chi connectivity index (χ0v) is 14.0. The predicted octanol–water partition coefficient (Wildman–Crippen LogP) is 3.52. The lowest BCUT2D eigenvalue weighted by Gasteiger charge is -2.07. The molecule has 5 nitrogen and oxygen atoms in total. The summed E-state index contributed by atoms with van der Waals surface area (Å²) < 4.78 is 32.3. The molecule has 3 rings (SSSR count). The molecule has 0 aliphatic rings. The summed E-state index contributed by atoms with van der Waals surface area (Å²) in [5.74, 6) is 0.350. The number of aromatic nitrogens is 1. The molecule has 0 bridgehead atoms. The summed E-state index contributed by atoms with van der Waals surface area (Å²) in [6.07, 6.45) is 1.56. The number of hydrogen-bond donors (Lipinski definition) is 1. The topological polar surface area (TPSA) is 72.2 Å². The molecule has 0 saturated carbocycles. The van der Waals surface area contributed by atoms with E-state index in [2.05, 4.69) is 9.71 Å². The van der Waals surface area contributed by atoms with Gasteiger partial charge in [0, 0.05) is 17.9 Å². The molecule has 2 aromatic carbocycles. The van der Waals surface area contributed by atoms with Crippen LogP contribution in [0.5, 0.6) is 0 Å². The third-order valence-electron chi connectivity index (χ3n) is 3.56. The number of hydrogen-bond acceptors (Lipinski definition) is 4. The van der Waals surface area contributed by atoms with Crippen molar-refractivity contribution in [1.29, 1.82) is 0 Å². The van der Waals surface area contributed by atoms with Crippen molar-refractivity contribution in [3.8, 4) is 0 Å². The Morgan fingerprint density at radius 3 is 2.58 bits per heavy atom. The van der Waals surface area contributed by atoms with Gasteiger partial charge in [-0.2, -0.15) is 0 Å². The largest absolute Gasteiger partial charge is 0.440 e. The van der Waals surface area contributed by atoms with Crippen LogP contribution in [0.2, 0.25) is 0 Å². The van der Waals surface area contributed by atoms with Crippen molar-refractivity contribution in [3.63, 3.8) is 0 Å². The van der Waals surface area contributed by atoms with Gasteiger partial charge in [-0.1, -0.05) is 49.4 Å². The van der Waals surface area contributed by atoms with E-state index < -0.39 is 10.0 Å². The minimum atomic E-state index is -3.51. The van der Waals surface area contributed by atoms with Crippen LogP contribution in [0.3, 0.4) is 0 Å². The highest BCUT2D eigenvalue weighted by atomic mass is 32.2. The zero-order valence-electron chi connectivity index (χ0n) is 13.2. The average molecular weight is 342 g/mol. The van der Waals surface area contributed by atoms with Crippen LogP contribution in [0, 0.1) is 0 Å². The van der Waals surface area contributed by atoms with E-state index in [0.717, 1.165) is 11.1 Å². The standard InChI is InChI=1S/C18H18N2O3S/c1-14(18-20-16-9-5-6-10-17(16)23-18)13-19-24(21,22)12-11-15-7-3-2-4-8-15/h2-12,14,19H,13H2,1H3/b12-11-/t14-/m0/s1. The van der Waals surface area contributed by atoms with Crippen LogP contribution in [0.15, 0.2) is 64.4 Å². The van der Waals surface area contributed by atoms with Gasteiger partial charge >= 0.3 is 0 Å². The Morgan fingerprint density at radius 2 is 1.83 bits per heavy atom. The van der Waals surface area contributed by atoms with E-state index in [1.165, 1.54) is 5.41 Å². The molecule has 0 spiro atoms. The van der Waals surface area contributed by atoms with Crippen LogP contribution >= 0.6 is 0 Å². The third kappa shape index (κ3) is 4.10. The number of nitrogens with zero attached hydrogens (tertiary/aromatic N) is 1. The maximum atomic E-state index is 12.1. The Bertz CT molecular complexity index is 914. The summed E-state index contributed by atoms with van der Waals surface area (Å²) in [4.78, 5) is 4.39. The number of fused-ring (bicyclic) bond motifs is 1. The highest BCUT2D eigenvalue weighted by Crippen LogP contribution is 2.20. The van der Waals surface area contributed by atoms with Gasteiger partial charge in [0.2, 0.25) is 10.0 Å². The summed E-state index contributed by atoms with van der Waals surface area (Å²) in [6.45, 7) is 2.09. The first-order chi connectivity index (χ1) is 11.5. The zero-order chi connectivity index (χ0) is 17.0. The van der Waals surface area contributed by atoms with E-state index in [1.807, 2.05) is 61.5 Å². The van der Waals surface area contributed by atoms with Crippen LogP contribution in [0.25, 0.3) is 17.2 Å². The van der Waals surface area contributed by atoms with Gasteiger partial charge in [-0.3, -0.25) is 0 Å². The Balaban J connectivity index is 1.64. The molecule has 1 atom stereocenters. The molecule has 1 heterocycles. The molecule has 24 heavy (non-hydrogen) atoms. The molecule has 1 N–H and O–H groups in total. The summed E-state index contributed by atoms with van der Waals surface area (Å²) >= 11 is 0. The van der Waals surface area contributed by atoms with Crippen molar-refractivity contribution in [3.05, 3.63) is 71.5 Å².